The molecule has 4 heteroatoms. The first kappa shape index (κ1) is 11.3. The van der Waals surface area contributed by atoms with Gasteiger partial charge in [-0.25, -0.2) is 0 Å². The van der Waals surface area contributed by atoms with Crippen LogP contribution in [0.2, 0.25) is 0 Å². The Balaban J connectivity index is 1.73. The van der Waals surface area contributed by atoms with E-state index in [0.717, 1.165) is 0 Å². The maximum Gasteiger partial charge on any atom is 0.249 e. The molecule has 0 aromatic carbocycles. The third-order valence-corrected chi connectivity index (χ3v) is 4.49. The topological polar surface area (TPSA) is 51.1 Å². The number of nitrogens with one attached hydrogen (secondary N) is 1. The van der Waals surface area contributed by atoms with Crippen LogP contribution < -0.4 is 5.32 Å². The predicted octanol–water partition coefficient (Wildman–Crippen LogP) is 2.22. The fraction of sp³-hybridized carbons (Fsp3) is 0.600. The molecule has 3 aliphatic rings. The smallest absolute Gasteiger partial charge is 0.249 e. The van der Waals surface area contributed by atoms with Crippen molar-refractivity contribution in [1.29, 1.82) is 0 Å². The van der Waals surface area contributed by atoms with E-state index in [2.05, 4.69) is 22.0 Å². The van der Waals surface area contributed by atoms with Crippen molar-refractivity contribution in [2.45, 2.75) is 56.4 Å². The lowest BCUT2D eigenvalue weighted by molar-refractivity contribution is -0.135. The first-order chi connectivity index (χ1) is 9.24. The van der Waals surface area contributed by atoms with Crippen LogP contribution in [0.5, 0.6) is 0 Å². The zero-order valence-corrected chi connectivity index (χ0v) is 10.9. The van der Waals surface area contributed by atoms with E-state index < -0.39 is 0 Å². The number of rotatable bonds is 3. The molecule has 4 nitrogen and oxygen atoms in total. The van der Waals surface area contributed by atoms with E-state index in [9.17, 15) is 9.59 Å². The maximum atomic E-state index is 12.1. The highest BCUT2D eigenvalue weighted by molar-refractivity contribution is 5.99. The number of amides is 2. The number of hydrogen-bond acceptors (Lipinski definition) is 2. The summed E-state index contributed by atoms with van der Waals surface area (Å²) in [6, 6.07) is 4.24. The van der Waals surface area contributed by atoms with Crippen LogP contribution in [0, 0.1) is 0 Å². The largest absolute Gasteiger partial charge is 0.336 e. The fourth-order valence-electron chi connectivity index (χ4n) is 3.19. The van der Waals surface area contributed by atoms with Crippen LogP contribution in [-0.4, -0.2) is 16.4 Å². The molecule has 1 saturated heterocycles. The summed E-state index contributed by atoms with van der Waals surface area (Å²) in [4.78, 5) is 23.5. The van der Waals surface area contributed by atoms with Crippen molar-refractivity contribution in [2.75, 3.05) is 0 Å². The second-order valence-electron chi connectivity index (χ2n) is 6.07. The monoisotopic (exact) mass is 258 g/mol. The Hall–Kier alpha value is -1.58. The highest BCUT2D eigenvalue weighted by Crippen LogP contribution is 2.47. The molecule has 100 valence electrons. The van der Waals surface area contributed by atoms with Gasteiger partial charge in [0.1, 0.15) is 6.04 Å². The van der Waals surface area contributed by atoms with Gasteiger partial charge in [-0.2, -0.15) is 0 Å². The van der Waals surface area contributed by atoms with Gasteiger partial charge in [0.15, 0.2) is 0 Å². The van der Waals surface area contributed by atoms with Crippen molar-refractivity contribution in [1.82, 2.24) is 9.88 Å². The summed E-state index contributed by atoms with van der Waals surface area (Å²) >= 11 is 0. The molecule has 2 aliphatic carbocycles. The molecule has 19 heavy (non-hydrogen) atoms. The van der Waals surface area contributed by atoms with Gasteiger partial charge in [-0.1, -0.05) is 0 Å². The van der Waals surface area contributed by atoms with Gasteiger partial charge in [0, 0.05) is 17.8 Å². The standard InChI is InChI=1S/C15H18N2O2/c18-14-8-7-13(15(19)16-14)17-11(9-1-2-9)5-6-12(17)10-3-4-10/h5-6,9-10,13H,1-4,7-8H2,(H,16,18,19). The van der Waals surface area contributed by atoms with Gasteiger partial charge < -0.3 is 4.57 Å². The van der Waals surface area contributed by atoms with Crippen molar-refractivity contribution in [3.63, 3.8) is 0 Å². The van der Waals surface area contributed by atoms with Crippen LogP contribution in [0.15, 0.2) is 12.1 Å². The first-order valence-electron chi connectivity index (χ1n) is 7.29. The van der Waals surface area contributed by atoms with Gasteiger partial charge >= 0.3 is 0 Å². The van der Waals surface area contributed by atoms with Crippen molar-refractivity contribution in [3.05, 3.63) is 23.5 Å². The van der Waals surface area contributed by atoms with E-state index >= 15 is 0 Å². The molecule has 0 spiro atoms. The van der Waals surface area contributed by atoms with Gasteiger partial charge in [0.05, 0.1) is 0 Å². The van der Waals surface area contributed by atoms with E-state index in [1.54, 1.807) is 0 Å². The Labute approximate surface area is 112 Å². The van der Waals surface area contributed by atoms with E-state index in [4.69, 9.17) is 0 Å². The molecule has 1 aromatic rings. The minimum atomic E-state index is -0.168. The lowest BCUT2D eigenvalue weighted by Gasteiger charge is -2.26. The second kappa shape index (κ2) is 3.95. The van der Waals surface area contributed by atoms with Gasteiger partial charge in [0.25, 0.3) is 0 Å². The number of imide groups is 1. The number of carbonyl (C=O) groups excluding carboxylic acids is 2. The van der Waals surface area contributed by atoms with Crippen LogP contribution in [0.25, 0.3) is 0 Å². The quantitative estimate of drug-likeness (QED) is 0.845. The Morgan fingerprint density at radius 3 is 2.00 bits per heavy atom. The average molecular weight is 258 g/mol. The predicted molar refractivity (Wildman–Crippen MR) is 69.8 cm³/mol. The van der Waals surface area contributed by atoms with E-state index in [0.29, 0.717) is 24.7 Å². The lowest BCUT2D eigenvalue weighted by atomic mass is 10.0. The highest BCUT2D eigenvalue weighted by Gasteiger charge is 2.38. The van der Waals surface area contributed by atoms with Crippen LogP contribution in [0.4, 0.5) is 0 Å². The SMILES string of the molecule is O=C1CCC(n2c(C3CC3)ccc2C2CC2)C(=O)N1. The molecule has 1 atom stereocenters. The highest BCUT2D eigenvalue weighted by atomic mass is 16.2. The summed E-state index contributed by atoms with van der Waals surface area (Å²) in [6.45, 7) is 0. The third kappa shape index (κ3) is 1.90. The average Bonchev–Trinajstić information content (AvgIpc) is 3.29. The van der Waals surface area contributed by atoms with Crippen molar-refractivity contribution in [2.24, 2.45) is 0 Å². The fourth-order valence-corrected chi connectivity index (χ4v) is 3.19. The number of nitrogens with zero attached hydrogens (tertiary/aromatic N) is 1. The molecular weight excluding hydrogens is 240 g/mol. The van der Waals surface area contributed by atoms with E-state index in [1.807, 2.05) is 0 Å². The summed E-state index contributed by atoms with van der Waals surface area (Å²) in [7, 11) is 0. The second-order valence-corrected chi connectivity index (χ2v) is 6.07. The van der Waals surface area contributed by atoms with Crippen molar-refractivity contribution < 1.29 is 9.59 Å². The zero-order chi connectivity index (χ0) is 13.0. The molecule has 2 amide bonds. The van der Waals surface area contributed by atoms with Gasteiger partial charge in [-0.3, -0.25) is 14.9 Å². The van der Waals surface area contributed by atoms with Crippen LogP contribution in [0.3, 0.4) is 0 Å². The lowest BCUT2D eigenvalue weighted by Crippen LogP contribution is -2.42. The third-order valence-electron chi connectivity index (χ3n) is 4.49. The molecule has 2 heterocycles. The molecule has 0 radical (unpaired) electrons. The molecular formula is C15H18N2O2. The molecule has 0 bridgehead atoms. The van der Waals surface area contributed by atoms with E-state index in [-0.39, 0.29) is 17.9 Å². The van der Waals surface area contributed by atoms with Crippen LogP contribution >= 0.6 is 0 Å². The summed E-state index contributed by atoms with van der Waals surface area (Å²) in [6.07, 6.45) is 6.06. The molecule has 3 fully saturated rings. The number of aromatic nitrogens is 1. The Morgan fingerprint density at radius 2 is 1.53 bits per heavy atom. The molecule has 1 unspecified atom stereocenters. The Bertz CT molecular complexity index is 523. The van der Waals surface area contributed by atoms with Gasteiger partial charge in [-0.15, -0.1) is 0 Å². The van der Waals surface area contributed by atoms with Crippen molar-refractivity contribution in [3.8, 4) is 0 Å². The van der Waals surface area contributed by atoms with E-state index in [1.165, 1.54) is 37.1 Å². The van der Waals surface area contributed by atoms with Crippen LogP contribution in [0.1, 0.15) is 67.8 Å². The minimum Gasteiger partial charge on any atom is -0.336 e. The summed E-state index contributed by atoms with van der Waals surface area (Å²) in [5.74, 6) is 1.03. The molecule has 2 saturated carbocycles. The normalized spacial score (nSPS) is 27.5. The van der Waals surface area contributed by atoms with Crippen LogP contribution in [-0.2, 0) is 9.59 Å². The zero-order valence-electron chi connectivity index (χ0n) is 10.9. The summed E-state index contributed by atoms with van der Waals surface area (Å²) in [5, 5.41) is 2.49. The molecule has 4 rings (SSSR count). The number of hydrogen-bond donors (Lipinski definition) is 1. The molecule has 1 aromatic heterocycles. The van der Waals surface area contributed by atoms with Gasteiger partial charge in [0.2, 0.25) is 11.8 Å². The Kier molecular flexibility index (Phi) is 2.34. The minimum absolute atomic E-state index is 0.115. The Morgan fingerprint density at radius 1 is 0.947 bits per heavy atom. The summed E-state index contributed by atoms with van der Waals surface area (Å²) in [5.41, 5.74) is 2.63. The number of piperidine rings is 1. The van der Waals surface area contributed by atoms with Crippen molar-refractivity contribution >= 4 is 11.8 Å². The molecule has 1 aliphatic heterocycles. The summed E-state index contributed by atoms with van der Waals surface area (Å²) < 4.78 is 2.26. The first-order valence-corrected chi connectivity index (χ1v) is 7.29. The maximum absolute atomic E-state index is 12.1. The number of carbonyl (C=O) groups is 2. The molecule has 1 N–H and O–H groups in total. The van der Waals surface area contributed by atoms with Gasteiger partial charge in [-0.05, 0) is 56.1 Å².